The standard InChI is InChI=1S/C20H29N3O2/c1-19(2,3)13-20(4,5)23-18(25)17(24)21-11-10-14-12-22-16-9-7-6-8-15(14)16/h6-9,12,22H,10-11,13H2,1-5H3,(H,21,24)(H,23,25). The average molecular weight is 343 g/mol. The number of rotatable bonds is 5. The molecule has 0 saturated carbocycles. The summed E-state index contributed by atoms with van der Waals surface area (Å²) < 4.78 is 0. The fourth-order valence-corrected chi connectivity index (χ4v) is 3.46. The highest BCUT2D eigenvalue weighted by molar-refractivity contribution is 6.35. The number of benzene rings is 1. The number of aromatic amines is 1. The lowest BCUT2D eigenvalue weighted by atomic mass is 9.82. The molecule has 0 radical (unpaired) electrons. The highest BCUT2D eigenvalue weighted by atomic mass is 16.2. The van der Waals surface area contributed by atoms with Crippen molar-refractivity contribution in [2.24, 2.45) is 5.41 Å². The van der Waals surface area contributed by atoms with Gasteiger partial charge in [0.15, 0.2) is 0 Å². The van der Waals surface area contributed by atoms with Crippen LogP contribution in [0.15, 0.2) is 30.5 Å². The summed E-state index contributed by atoms with van der Waals surface area (Å²) >= 11 is 0. The molecule has 136 valence electrons. The van der Waals surface area contributed by atoms with E-state index in [4.69, 9.17) is 0 Å². The van der Waals surface area contributed by atoms with Crippen LogP contribution in [-0.2, 0) is 16.0 Å². The molecule has 0 aliphatic carbocycles. The van der Waals surface area contributed by atoms with Crippen molar-refractivity contribution >= 4 is 22.7 Å². The van der Waals surface area contributed by atoms with Gasteiger partial charge in [-0.15, -0.1) is 0 Å². The molecule has 2 amide bonds. The first-order chi connectivity index (χ1) is 11.6. The lowest BCUT2D eigenvalue weighted by Crippen LogP contribution is -2.51. The van der Waals surface area contributed by atoms with Gasteiger partial charge in [0, 0.05) is 29.2 Å². The largest absolute Gasteiger partial charge is 0.361 e. The maximum atomic E-state index is 12.1. The quantitative estimate of drug-likeness (QED) is 0.730. The van der Waals surface area contributed by atoms with Crippen LogP contribution >= 0.6 is 0 Å². The fourth-order valence-electron chi connectivity index (χ4n) is 3.46. The summed E-state index contributed by atoms with van der Waals surface area (Å²) in [6.45, 7) is 10.6. The van der Waals surface area contributed by atoms with Crippen LogP contribution in [-0.4, -0.2) is 28.9 Å². The van der Waals surface area contributed by atoms with Crippen molar-refractivity contribution in [3.63, 3.8) is 0 Å². The van der Waals surface area contributed by atoms with Crippen LogP contribution in [0.1, 0.15) is 46.6 Å². The first kappa shape index (κ1) is 19.0. The van der Waals surface area contributed by atoms with Gasteiger partial charge in [-0.05, 0) is 43.7 Å². The molecule has 3 N–H and O–H groups in total. The summed E-state index contributed by atoms with van der Waals surface area (Å²) in [4.78, 5) is 27.4. The second kappa shape index (κ2) is 7.30. The van der Waals surface area contributed by atoms with Crippen LogP contribution in [0.5, 0.6) is 0 Å². The molecule has 2 aromatic rings. The zero-order valence-electron chi connectivity index (χ0n) is 15.8. The van der Waals surface area contributed by atoms with Crippen molar-refractivity contribution in [1.29, 1.82) is 0 Å². The molecule has 5 nitrogen and oxygen atoms in total. The Labute approximate surface area is 149 Å². The number of H-pyrrole nitrogens is 1. The van der Waals surface area contributed by atoms with Crippen molar-refractivity contribution < 1.29 is 9.59 Å². The first-order valence-electron chi connectivity index (χ1n) is 8.73. The molecular formula is C20H29N3O2. The van der Waals surface area contributed by atoms with Gasteiger partial charge in [-0.3, -0.25) is 9.59 Å². The maximum absolute atomic E-state index is 12.1. The Bertz CT molecular complexity index is 754. The number of para-hydroxylation sites is 1. The third kappa shape index (κ3) is 5.62. The van der Waals surface area contributed by atoms with E-state index < -0.39 is 17.4 Å². The Kier molecular flexibility index (Phi) is 5.55. The number of nitrogens with one attached hydrogen (secondary N) is 3. The van der Waals surface area contributed by atoms with Crippen molar-refractivity contribution in [2.75, 3.05) is 6.54 Å². The van der Waals surface area contributed by atoms with Crippen LogP contribution in [0.25, 0.3) is 10.9 Å². The molecule has 0 unspecified atom stereocenters. The number of hydrogen-bond acceptors (Lipinski definition) is 2. The van der Waals surface area contributed by atoms with Gasteiger partial charge in [0.1, 0.15) is 0 Å². The highest BCUT2D eigenvalue weighted by Gasteiger charge is 2.29. The van der Waals surface area contributed by atoms with Gasteiger partial charge in [0.05, 0.1) is 0 Å². The third-order valence-electron chi connectivity index (χ3n) is 3.99. The number of fused-ring (bicyclic) bond motifs is 1. The van der Waals surface area contributed by atoms with E-state index in [0.717, 1.165) is 22.9 Å². The summed E-state index contributed by atoms with van der Waals surface area (Å²) in [6.07, 6.45) is 3.41. The van der Waals surface area contributed by atoms with E-state index in [0.29, 0.717) is 13.0 Å². The van der Waals surface area contributed by atoms with E-state index in [-0.39, 0.29) is 5.41 Å². The van der Waals surface area contributed by atoms with Gasteiger partial charge in [-0.25, -0.2) is 0 Å². The molecule has 2 rings (SSSR count). The topological polar surface area (TPSA) is 74.0 Å². The highest BCUT2D eigenvalue weighted by Crippen LogP contribution is 2.26. The minimum absolute atomic E-state index is 0.0720. The molecule has 1 aromatic heterocycles. The van der Waals surface area contributed by atoms with E-state index in [1.807, 2.05) is 44.3 Å². The first-order valence-corrected chi connectivity index (χ1v) is 8.73. The molecule has 0 aliphatic heterocycles. The zero-order valence-corrected chi connectivity index (χ0v) is 15.8. The minimum Gasteiger partial charge on any atom is -0.361 e. The minimum atomic E-state index is -0.582. The Balaban J connectivity index is 1.84. The van der Waals surface area contributed by atoms with Crippen LogP contribution < -0.4 is 10.6 Å². The molecule has 0 fully saturated rings. The number of carbonyl (C=O) groups is 2. The van der Waals surface area contributed by atoms with Crippen LogP contribution in [0.4, 0.5) is 0 Å². The fraction of sp³-hybridized carbons (Fsp3) is 0.500. The molecule has 0 aliphatic rings. The molecule has 1 heterocycles. The van der Waals surface area contributed by atoms with E-state index in [2.05, 4.69) is 36.4 Å². The maximum Gasteiger partial charge on any atom is 0.309 e. The van der Waals surface area contributed by atoms with Crippen LogP contribution in [0.3, 0.4) is 0 Å². The summed E-state index contributed by atoms with van der Waals surface area (Å²) in [7, 11) is 0. The van der Waals surface area contributed by atoms with Crippen LogP contribution in [0.2, 0.25) is 0 Å². The summed E-state index contributed by atoms with van der Waals surface area (Å²) in [5, 5.41) is 6.68. The molecule has 1 aromatic carbocycles. The van der Waals surface area contributed by atoms with E-state index >= 15 is 0 Å². The molecule has 0 bridgehead atoms. The van der Waals surface area contributed by atoms with Gasteiger partial charge in [-0.2, -0.15) is 0 Å². The predicted molar refractivity (Wildman–Crippen MR) is 101 cm³/mol. The normalized spacial score (nSPS) is 12.2. The molecular weight excluding hydrogens is 314 g/mol. The van der Waals surface area contributed by atoms with E-state index in [9.17, 15) is 9.59 Å². The molecule has 25 heavy (non-hydrogen) atoms. The third-order valence-corrected chi connectivity index (χ3v) is 3.99. The van der Waals surface area contributed by atoms with Crippen molar-refractivity contribution in [1.82, 2.24) is 15.6 Å². The second-order valence-corrected chi connectivity index (χ2v) is 8.44. The predicted octanol–water partition coefficient (Wildman–Crippen LogP) is 3.16. The van der Waals surface area contributed by atoms with Gasteiger partial charge < -0.3 is 15.6 Å². The molecule has 0 saturated heterocycles. The SMILES string of the molecule is CC(C)(C)CC(C)(C)NC(=O)C(=O)NCCc1c[nH]c2ccccc12. The Hall–Kier alpha value is -2.30. The Morgan fingerprint density at radius 3 is 2.40 bits per heavy atom. The summed E-state index contributed by atoms with van der Waals surface area (Å²) in [5.41, 5.74) is 1.85. The number of carbonyl (C=O) groups excluding carboxylic acids is 2. The number of amides is 2. The van der Waals surface area contributed by atoms with Gasteiger partial charge in [0.25, 0.3) is 0 Å². The van der Waals surface area contributed by atoms with E-state index in [1.54, 1.807) is 0 Å². The lowest BCUT2D eigenvalue weighted by Gasteiger charge is -2.33. The second-order valence-electron chi connectivity index (χ2n) is 8.44. The zero-order chi connectivity index (χ0) is 18.7. The van der Waals surface area contributed by atoms with E-state index in [1.165, 1.54) is 0 Å². The van der Waals surface area contributed by atoms with Gasteiger partial charge in [0.2, 0.25) is 0 Å². The van der Waals surface area contributed by atoms with Gasteiger partial charge in [-0.1, -0.05) is 39.0 Å². The van der Waals surface area contributed by atoms with Crippen molar-refractivity contribution in [3.8, 4) is 0 Å². The van der Waals surface area contributed by atoms with Crippen molar-refractivity contribution in [3.05, 3.63) is 36.0 Å². The Morgan fingerprint density at radius 2 is 1.72 bits per heavy atom. The lowest BCUT2D eigenvalue weighted by molar-refractivity contribution is -0.140. The molecule has 0 spiro atoms. The smallest absolute Gasteiger partial charge is 0.309 e. The number of aromatic nitrogens is 1. The monoisotopic (exact) mass is 343 g/mol. The molecule has 5 heteroatoms. The average Bonchev–Trinajstić information content (AvgIpc) is 2.87. The summed E-state index contributed by atoms with van der Waals surface area (Å²) in [6, 6.07) is 8.03. The van der Waals surface area contributed by atoms with Crippen LogP contribution in [0, 0.1) is 5.41 Å². The summed E-state index contributed by atoms with van der Waals surface area (Å²) in [5.74, 6) is -1.16. The van der Waals surface area contributed by atoms with Crippen molar-refractivity contribution in [2.45, 2.75) is 53.0 Å². The molecule has 0 atom stereocenters. The Morgan fingerprint density at radius 1 is 1.04 bits per heavy atom. The number of hydrogen-bond donors (Lipinski definition) is 3. The van der Waals surface area contributed by atoms with Gasteiger partial charge >= 0.3 is 11.8 Å².